The number of para-hydroxylation sites is 1. The van der Waals surface area contributed by atoms with E-state index in [-0.39, 0.29) is 30.2 Å². The molecule has 0 radical (unpaired) electrons. The van der Waals surface area contributed by atoms with Crippen molar-refractivity contribution in [2.75, 3.05) is 11.9 Å². The fourth-order valence-electron chi connectivity index (χ4n) is 2.98. The van der Waals surface area contributed by atoms with Crippen LogP contribution in [0.15, 0.2) is 55.1 Å². The Morgan fingerprint density at radius 2 is 1.89 bits per heavy atom. The van der Waals surface area contributed by atoms with Crippen molar-refractivity contribution < 1.29 is 28.2 Å². The molecule has 1 aliphatic rings. The first-order valence-electron chi connectivity index (χ1n) is 8.54. The van der Waals surface area contributed by atoms with Gasteiger partial charge >= 0.3 is 0 Å². The number of nitrogens with zero attached hydrogens (tertiary/aromatic N) is 1. The minimum absolute atomic E-state index is 0.105. The van der Waals surface area contributed by atoms with Crippen LogP contribution in [-0.4, -0.2) is 40.5 Å². The van der Waals surface area contributed by atoms with Gasteiger partial charge in [-0.1, -0.05) is 18.7 Å². The van der Waals surface area contributed by atoms with Gasteiger partial charge in [-0.15, -0.1) is 0 Å². The monoisotopic (exact) mass is 388 g/mol. The maximum absolute atomic E-state index is 14.3. The van der Waals surface area contributed by atoms with Crippen LogP contribution in [0.25, 0.3) is 0 Å². The van der Waals surface area contributed by atoms with E-state index in [1.807, 2.05) is 0 Å². The van der Waals surface area contributed by atoms with Gasteiger partial charge in [-0.2, -0.15) is 0 Å². The zero-order chi connectivity index (χ0) is 20.3. The minimum atomic E-state index is -1.09. The van der Waals surface area contributed by atoms with Gasteiger partial charge in [-0.05, 0) is 36.8 Å². The van der Waals surface area contributed by atoms with Gasteiger partial charge in [0, 0.05) is 18.3 Å². The summed E-state index contributed by atoms with van der Waals surface area (Å²) in [6, 6.07) is 8.11. The summed E-state index contributed by atoms with van der Waals surface area (Å²) in [5, 5.41) is 12.5. The summed E-state index contributed by atoms with van der Waals surface area (Å²) in [5.74, 6) is -2.93. The molecular weight excluding hydrogens is 370 g/mol. The number of likely N-dealkylation sites (tertiary alicyclic amines) is 1. The number of anilines is 1. The molecule has 28 heavy (non-hydrogen) atoms. The van der Waals surface area contributed by atoms with Crippen molar-refractivity contribution in [3.8, 4) is 11.5 Å². The molecule has 1 aliphatic heterocycles. The van der Waals surface area contributed by atoms with Gasteiger partial charge in [-0.25, -0.2) is 8.78 Å². The lowest BCUT2D eigenvalue weighted by Gasteiger charge is -2.24. The molecule has 0 unspecified atom stereocenters. The molecule has 8 heteroatoms. The summed E-state index contributed by atoms with van der Waals surface area (Å²) in [6.07, 6.45) is 0.284. The summed E-state index contributed by atoms with van der Waals surface area (Å²) in [7, 11) is 0. The molecule has 0 aromatic heterocycles. The predicted octanol–water partition coefficient (Wildman–Crippen LogP) is 2.84. The molecule has 2 aromatic carbocycles. The lowest BCUT2D eigenvalue weighted by molar-refractivity contribution is -0.134. The number of carbonyl (C=O) groups is 2. The molecule has 0 spiro atoms. The number of hydrogen-bond donors (Lipinski definition) is 2. The summed E-state index contributed by atoms with van der Waals surface area (Å²) < 4.78 is 33.1. The van der Waals surface area contributed by atoms with Crippen LogP contribution in [0, 0.1) is 11.6 Å². The number of ether oxygens (including phenoxy) is 1. The lowest BCUT2D eigenvalue weighted by Crippen LogP contribution is -2.47. The van der Waals surface area contributed by atoms with E-state index < -0.39 is 35.6 Å². The largest absolute Gasteiger partial charge is 0.451 e. The average molecular weight is 388 g/mol. The molecule has 2 aromatic rings. The molecule has 0 bridgehead atoms. The smallest absolute Gasteiger partial charge is 0.249 e. The standard InChI is InChI=1S/C20H18F2N2O4/c1-2-18(26)24-10-9-15(25)19(24)20(27)23-12-7-8-17(14(22)11-12)28-16-6-4-3-5-13(16)21/h2-8,11,15,19,25H,1,9-10H2,(H,23,27)/t15-,19+/m1/s1. The topological polar surface area (TPSA) is 78.9 Å². The van der Waals surface area contributed by atoms with Crippen LogP contribution in [0.4, 0.5) is 14.5 Å². The van der Waals surface area contributed by atoms with Gasteiger partial charge in [0.15, 0.2) is 23.1 Å². The van der Waals surface area contributed by atoms with E-state index in [9.17, 15) is 23.5 Å². The molecule has 1 heterocycles. The molecule has 1 fully saturated rings. The number of rotatable bonds is 5. The minimum Gasteiger partial charge on any atom is -0.451 e. The van der Waals surface area contributed by atoms with Crippen molar-refractivity contribution in [1.29, 1.82) is 0 Å². The number of halogens is 2. The van der Waals surface area contributed by atoms with Crippen LogP contribution >= 0.6 is 0 Å². The highest BCUT2D eigenvalue weighted by molar-refractivity contribution is 5.99. The fraction of sp³-hybridized carbons (Fsp3) is 0.200. The van der Waals surface area contributed by atoms with Crippen LogP contribution in [0.2, 0.25) is 0 Å². The predicted molar refractivity (Wildman–Crippen MR) is 97.8 cm³/mol. The SMILES string of the molecule is C=CC(=O)N1CC[C@@H](O)[C@H]1C(=O)Nc1ccc(Oc2ccccc2F)c(F)c1. The Labute approximate surface area is 160 Å². The Bertz CT molecular complexity index is 919. The molecule has 146 valence electrons. The zero-order valence-electron chi connectivity index (χ0n) is 14.8. The first-order valence-corrected chi connectivity index (χ1v) is 8.54. The van der Waals surface area contributed by atoms with Crippen molar-refractivity contribution in [2.45, 2.75) is 18.6 Å². The van der Waals surface area contributed by atoms with Crippen molar-refractivity contribution in [3.05, 3.63) is 66.8 Å². The average Bonchev–Trinajstić information content (AvgIpc) is 3.06. The Balaban J connectivity index is 1.73. The van der Waals surface area contributed by atoms with Gasteiger partial charge in [0.05, 0.1) is 6.10 Å². The molecule has 6 nitrogen and oxygen atoms in total. The van der Waals surface area contributed by atoms with E-state index in [1.54, 1.807) is 6.07 Å². The maximum atomic E-state index is 14.3. The summed E-state index contributed by atoms with van der Waals surface area (Å²) in [4.78, 5) is 25.5. The second-order valence-electron chi connectivity index (χ2n) is 6.20. The molecule has 0 aliphatic carbocycles. The molecule has 0 saturated carbocycles. The third-order valence-corrected chi connectivity index (χ3v) is 4.35. The number of aliphatic hydroxyl groups is 1. The molecule has 2 atom stereocenters. The van der Waals surface area contributed by atoms with Crippen LogP contribution in [0.3, 0.4) is 0 Å². The van der Waals surface area contributed by atoms with E-state index in [2.05, 4.69) is 11.9 Å². The summed E-state index contributed by atoms with van der Waals surface area (Å²) in [6.45, 7) is 3.59. The number of benzene rings is 2. The lowest BCUT2D eigenvalue weighted by atomic mass is 10.1. The third-order valence-electron chi connectivity index (χ3n) is 4.35. The van der Waals surface area contributed by atoms with E-state index in [0.717, 1.165) is 12.1 Å². The zero-order valence-corrected chi connectivity index (χ0v) is 14.8. The Morgan fingerprint density at radius 1 is 1.18 bits per heavy atom. The first-order chi connectivity index (χ1) is 13.4. The van der Waals surface area contributed by atoms with Crippen molar-refractivity contribution in [1.82, 2.24) is 4.90 Å². The van der Waals surface area contributed by atoms with E-state index >= 15 is 0 Å². The van der Waals surface area contributed by atoms with Crippen molar-refractivity contribution in [3.63, 3.8) is 0 Å². The molecule has 1 saturated heterocycles. The molecule has 2 N–H and O–H groups in total. The Morgan fingerprint density at radius 3 is 2.57 bits per heavy atom. The maximum Gasteiger partial charge on any atom is 0.249 e. The van der Waals surface area contributed by atoms with Crippen molar-refractivity contribution >= 4 is 17.5 Å². The summed E-state index contributed by atoms with van der Waals surface area (Å²) >= 11 is 0. The first kappa shape index (κ1) is 19.5. The second-order valence-corrected chi connectivity index (χ2v) is 6.20. The number of nitrogens with one attached hydrogen (secondary N) is 1. The highest BCUT2D eigenvalue weighted by Crippen LogP contribution is 2.29. The van der Waals surface area contributed by atoms with E-state index in [0.29, 0.717) is 0 Å². The van der Waals surface area contributed by atoms with Gasteiger partial charge in [0.2, 0.25) is 11.8 Å². The van der Waals surface area contributed by atoms with Gasteiger partial charge in [0.1, 0.15) is 6.04 Å². The van der Waals surface area contributed by atoms with E-state index in [4.69, 9.17) is 4.74 Å². The number of aliphatic hydroxyl groups excluding tert-OH is 1. The highest BCUT2D eigenvalue weighted by atomic mass is 19.1. The van der Waals surface area contributed by atoms with Crippen LogP contribution in [0.5, 0.6) is 11.5 Å². The Hall–Kier alpha value is -3.26. The highest BCUT2D eigenvalue weighted by Gasteiger charge is 2.40. The van der Waals surface area contributed by atoms with E-state index in [1.165, 1.54) is 35.2 Å². The number of hydrogen-bond acceptors (Lipinski definition) is 4. The normalized spacial score (nSPS) is 18.6. The molecule has 3 rings (SSSR count). The van der Waals surface area contributed by atoms with Gasteiger partial charge in [-0.3, -0.25) is 9.59 Å². The fourth-order valence-corrected chi connectivity index (χ4v) is 2.98. The quantitative estimate of drug-likeness (QED) is 0.772. The molecule has 2 amide bonds. The van der Waals surface area contributed by atoms with Crippen molar-refractivity contribution in [2.24, 2.45) is 0 Å². The van der Waals surface area contributed by atoms with Gasteiger partial charge < -0.3 is 20.1 Å². The van der Waals surface area contributed by atoms with Crippen LogP contribution < -0.4 is 10.1 Å². The second kappa shape index (κ2) is 8.18. The molecular formula is C20H18F2N2O4. The number of carbonyl (C=O) groups excluding carboxylic acids is 2. The van der Waals surface area contributed by atoms with Gasteiger partial charge in [0.25, 0.3) is 0 Å². The Kier molecular flexibility index (Phi) is 5.70. The summed E-state index contributed by atoms with van der Waals surface area (Å²) in [5.41, 5.74) is 0.105. The third kappa shape index (κ3) is 4.01. The van der Waals surface area contributed by atoms with Crippen LogP contribution in [-0.2, 0) is 9.59 Å². The van der Waals surface area contributed by atoms with Crippen LogP contribution in [0.1, 0.15) is 6.42 Å². The number of amides is 2.